The summed E-state index contributed by atoms with van der Waals surface area (Å²) >= 11 is 2.96. The van der Waals surface area contributed by atoms with Crippen molar-refractivity contribution < 1.29 is 9.72 Å². The highest BCUT2D eigenvalue weighted by molar-refractivity contribution is 9.09. The number of alkyl halides is 1. The minimum absolute atomic E-state index is 0.0951. The second-order valence-corrected chi connectivity index (χ2v) is 2.89. The van der Waals surface area contributed by atoms with Crippen LogP contribution in [0.4, 0.5) is 5.69 Å². The molecule has 0 aliphatic heterocycles. The van der Waals surface area contributed by atoms with E-state index in [9.17, 15) is 14.9 Å². The predicted molar refractivity (Wildman–Crippen MR) is 62.6 cm³/mol. The smallest absolute Gasteiger partial charge is 0.280 e. The van der Waals surface area contributed by atoms with Gasteiger partial charge in [-0.25, -0.2) is 0 Å². The summed E-state index contributed by atoms with van der Waals surface area (Å²) < 4.78 is 0. The number of nitro benzene ring substituents is 1. The first-order chi connectivity index (χ1) is 7.16. The molecule has 0 spiro atoms. The molecule has 1 rings (SSSR count). The fraction of sp³-hybridized carbons (Fsp3) is 0.300. The predicted octanol–water partition coefficient (Wildman–Crippen LogP) is 3.20. The Kier molecular flexibility index (Phi) is 6.53. The first-order valence-electron chi connectivity index (χ1n) is 4.49. The maximum Gasteiger partial charge on any atom is 0.280 e. The largest absolute Gasteiger partial charge is 0.293 e. The number of rotatable bonds is 3. The molecule has 0 saturated carbocycles. The molecule has 0 N–H and O–H groups in total. The second kappa shape index (κ2) is 7.11. The van der Waals surface area contributed by atoms with E-state index in [1.54, 1.807) is 6.07 Å². The summed E-state index contributed by atoms with van der Waals surface area (Å²) in [4.78, 5) is 21.1. The van der Waals surface area contributed by atoms with Crippen molar-refractivity contribution >= 4 is 27.4 Å². The molecule has 0 amide bonds. The Morgan fingerprint density at radius 1 is 1.40 bits per heavy atom. The standard InChI is InChI=1S/C8H6BrNO3.C2H6/c9-5-8(11)6-3-1-2-4-7(6)10(12)13;1-2/h1-4H,5H2;1-2H3. The Hall–Kier alpha value is -1.23. The van der Waals surface area contributed by atoms with Crippen LogP contribution in [0, 0.1) is 10.1 Å². The van der Waals surface area contributed by atoms with Crippen LogP contribution in [0.3, 0.4) is 0 Å². The molecule has 15 heavy (non-hydrogen) atoms. The molecule has 0 heterocycles. The van der Waals surface area contributed by atoms with Gasteiger partial charge in [0.05, 0.1) is 15.8 Å². The van der Waals surface area contributed by atoms with E-state index in [0.29, 0.717) is 0 Å². The van der Waals surface area contributed by atoms with E-state index in [4.69, 9.17) is 0 Å². The number of hydrogen-bond acceptors (Lipinski definition) is 3. The normalized spacial score (nSPS) is 8.73. The molecule has 0 aliphatic rings. The van der Waals surface area contributed by atoms with Crippen molar-refractivity contribution in [1.82, 2.24) is 0 Å². The van der Waals surface area contributed by atoms with Gasteiger partial charge in [-0.15, -0.1) is 0 Å². The fourth-order valence-electron chi connectivity index (χ4n) is 0.941. The zero-order chi connectivity index (χ0) is 11.8. The number of hydrogen-bond donors (Lipinski definition) is 0. The van der Waals surface area contributed by atoms with Crippen LogP contribution in [0.15, 0.2) is 24.3 Å². The number of Topliss-reactive ketones (excluding diaryl/α,β-unsaturated/α-hetero) is 1. The molecular formula is C10H12BrNO3. The molecule has 4 nitrogen and oxygen atoms in total. The molecule has 0 bridgehead atoms. The monoisotopic (exact) mass is 273 g/mol. The minimum Gasteiger partial charge on any atom is -0.293 e. The van der Waals surface area contributed by atoms with Gasteiger partial charge < -0.3 is 0 Å². The van der Waals surface area contributed by atoms with Gasteiger partial charge in [-0.1, -0.05) is 41.9 Å². The number of para-hydroxylation sites is 1. The van der Waals surface area contributed by atoms with Gasteiger partial charge in [-0.05, 0) is 6.07 Å². The van der Waals surface area contributed by atoms with Crippen LogP contribution < -0.4 is 0 Å². The van der Waals surface area contributed by atoms with Crippen LogP contribution in [-0.4, -0.2) is 16.0 Å². The Morgan fingerprint density at radius 3 is 2.40 bits per heavy atom. The zero-order valence-corrected chi connectivity index (χ0v) is 10.2. The average Bonchev–Trinajstić information content (AvgIpc) is 2.30. The van der Waals surface area contributed by atoms with Crippen molar-refractivity contribution in [3.63, 3.8) is 0 Å². The summed E-state index contributed by atoms with van der Waals surface area (Å²) in [5.74, 6) is -0.285. The lowest BCUT2D eigenvalue weighted by atomic mass is 10.1. The number of nitrogens with zero attached hydrogens (tertiary/aromatic N) is 1. The molecule has 0 fully saturated rings. The van der Waals surface area contributed by atoms with E-state index in [0.717, 1.165) is 0 Å². The number of benzene rings is 1. The molecule has 1 aromatic rings. The molecule has 82 valence electrons. The van der Waals surface area contributed by atoms with Crippen molar-refractivity contribution in [1.29, 1.82) is 0 Å². The van der Waals surface area contributed by atoms with Crippen LogP contribution in [-0.2, 0) is 0 Å². The molecule has 0 unspecified atom stereocenters. The Labute approximate surface area is 96.6 Å². The van der Waals surface area contributed by atoms with Crippen LogP contribution in [0.2, 0.25) is 0 Å². The third-order valence-electron chi connectivity index (χ3n) is 1.52. The highest BCUT2D eigenvalue weighted by Crippen LogP contribution is 2.18. The van der Waals surface area contributed by atoms with E-state index in [1.807, 2.05) is 13.8 Å². The molecule has 1 aromatic carbocycles. The number of halogens is 1. The maximum absolute atomic E-state index is 11.2. The number of carbonyl (C=O) groups excluding carboxylic acids is 1. The van der Waals surface area contributed by atoms with E-state index in [1.165, 1.54) is 18.2 Å². The Morgan fingerprint density at radius 2 is 1.93 bits per heavy atom. The Balaban J connectivity index is 0.000000921. The van der Waals surface area contributed by atoms with Gasteiger partial charge in [0.15, 0.2) is 5.78 Å². The van der Waals surface area contributed by atoms with Crippen LogP contribution in [0.1, 0.15) is 24.2 Å². The minimum atomic E-state index is -0.560. The third kappa shape index (κ3) is 3.79. The quantitative estimate of drug-likeness (QED) is 0.368. The molecule has 0 radical (unpaired) electrons. The fourth-order valence-corrected chi connectivity index (χ4v) is 1.24. The van der Waals surface area contributed by atoms with Crippen LogP contribution >= 0.6 is 15.9 Å². The van der Waals surface area contributed by atoms with Crippen molar-refractivity contribution in [3.05, 3.63) is 39.9 Å². The summed E-state index contributed by atoms with van der Waals surface area (Å²) in [6.45, 7) is 4.00. The molecule has 0 aromatic heterocycles. The number of ketones is 1. The highest BCUT2D eigenvalue weighted by atomic mass is 79.9. The zero-order valence-electron chi connectivity index (χ0n) is 8.57. The lowest BCUT2D eigenvalue weighted by molar-refractivity contribution is -0.385. The second-order valence-electron chi connectivity index (χ2n) is 2.33. The number of carbonyl (C=O) groups is 1. The molecule has 0 saturated heterocycles. The van der Waals surface area contributed by atoms with E-state index in [2.05, 4.69) is 15.9 Å². The van der Waals surface area contributed by atoms with Gasteiger partial charge in [-0.2, -0.15) is 0 Å². The van der Waals surface area contributed by atoms with E-state index < -0.39 is 4.92 Å². The first-order valence-corrected chi connectivity index (χ1v) is 5.61. The van der Waals surface area contributed by atoms with Gasteiger partial charge >= 0.3 is 0 Å². The van der Waals surface area contributed by atoms with Gasteiger partial charge in [0.25, 0.3) is 5.69 Å². The van der Waals surface area contributed by atoms with E-state index >= 15 is 0 Å². The van der Waals surface area contributed by atoms with Gasteiger partial charge in [0, 0.05) is 6.07 Å². The first kappa shape index (κ1) is 13.8. The van der Waals surface area contributed by atoms with Crippen molar-refractivity contribution in [2.75, 3.05) is 5.33 Å². The molecule has 0 aliphatic carbocycles. The van der Waals surface area contributed by atoms with E-state index in [-0.39, 0.29) is 22.4 Å². The molecule has 0 atom stereocenters. The lowest BCUT2D eigenvalue weighted by Gasteiger charge is -1.97. The van der Waals surface area contributed by atoms with Gasteiger partial charge in [-0.3, -0.25) is 14.9 Å². The van der Waals surface area contributed by atoms with Crippen LogP contribution in [0.25, 0.3) is 0 Å². The summed E-state index contributed by atoms with van der Waals surface area (Å²) in [6.07, 6.45) is 0. The Bertz CT molecular complexity index is 352. The highest BCUT2D eigenvalue weighted by Gasteiger charge is 2.17. The third-order valence-corrected chi connectivity index (χ3v) is 2.03. The van der Waals surface area contributed by atoms with Crippen molar-refractivity contribution in [3.8, 4) is 0 Å². The maximum atomic E-state index is 11.2. The van der Waals surface area contributed by atoms with Crippen molar-refractivity contribution in [2.45, 2.75) is 13.8 Å². The summed E-state index contributed by atoms with van der Waals surface area (Å²) in [5.41, 5.74) is -0.00340. The number of nitro groups is 1. The van der Waals surface area contributed by atoms with Gasteiger partial charge in [0.1, 0.15) is 0 Å². The lowest BCUT2D eigenvalue weighted by Crippen LogP contribution is -2.04. The topological polar surface area (TPSA) is 60.2 Å². The average molecular weight is 274 g/mol. The molecular weight excluding hydrogens is 262 g/mol. The van der Waals surface area contributed by atoms with Crippen LogP contribution in [0.5, 0.6) is 0 Å². The van der Waals surface area contributed by atoms with Gasteiger partial charge in [0.2, 0.25) is 0 Å². The molecule has 5 heteroatoms. The SMILES string of the molecule is CC.O=C(CBr)c1ccccc1[N+](=O)[O-]. The van der Waals surface area contributed by atoms with Crippen molar-refractivity contribution in [2.24, 2.45) is 0 Å². The summed E-state index contributed by atoms with van der Waals surface area (Å²) in [5, 5.41) is 10.6. The summed E-state index contributed by atoms with van der Waals surface area (Å²) in [6, 6.07) is 5.89. The summed E-state index contributed by atoms with van der Waals surface area (Å²) in [7, 11) is 0.